The molecule has 1 nitrogen and oxygen atoms in total. The van der Waals surface area contributed by atoms with Gasteiger partial charge < -0.3 is 5.32 Å². The van der Waals surface area contributed by atoms with Crippen LogP contribution in [0.15, 0.2) is 30.4 Å². The summed E-state index contributed by atoms with van der Waals surface area (Å²) in [6.45, 7) is 9.30. The van der Waals surface area contributed by atoms with Crippen LogP contribution in [0, 0.1) is 17.7 Å². The van der Waals surface area contributed by atoms with Gasteiger partial charge in [0.15, 0.2) is 0 Å². The molecule has 0 spiro atoms. The molecule has 1 aliphatic rings. The zero-order chi connectivity index (χ0) is 17.2. The highest BCUT2D eigenvalue weighted by atomic mass is 19.4. The van der Waals surface area contributed by atoms with E-state index in [1.807, 2.05) is 13.8 Å². The number of alkyl halides is 3. The first-order chi connectivity index (χ1) is 10.7. The average molecular weight is 329 g/mol. The molecule has 0 aliphatic heterocycles. The molecule has 1 aliphatic carbocycles. The highest BCUT2D eigenvalue weighted by molar-refractivity contribution is 5.34. The molecule has 0 saturated heterocycles. The highest BCUT2D eigenvalue weighted by Gasteiger charge is 2.32. The molecule has 0 radical (unpaired) electrons. The van der Waals surface area contributed by atoms with Crippen LogP contribution in [0.25, 0.3) is 0 Å². The number of hydrogen-bond acceptors (Lipinski definition) is 1. The van der Waals surface area contributed by atoms with E-state index in [-0.39, 0.29) is 17.4 Å². The molecule has 1 atom stereocenters. The molecule has 0 bridgehead atoms. The maximum atomic E-state index is 14.3. The summed E-state index contributed by atoms with van der Waals surface area (Å²) in [6, 6.07) is 2.77. The monoisotopic (exact) mass is 329 g/mol. The van der Waals surface area contributed by atoms with Gasteiger partial charge in [0.1, 0.15) is 5.82 Å². The van der Waals surface area contributed by atoms with Crippen LogP contribution >= 0.6 is 0 Å². The number of benzene rings is 1. The van der Waals surface area contributed by atoms with E-state index >= 15 is 0 Å². The van der Waals surface area contributed by atoms with Crippen molar-refractivity contribution in [2.24, 2.45) is 11.8 Å². The van der Waals surface area contributed by atoms with Crippen molar-refractivity contribution in [2.45, 2.75) is 38.8 Å². The van der Waals surface area contributed by atoms with E-state index in [1.54, 1.807) is 0 Å². The lowest BCUT2D eigenvalue weighted by atomic mass is 9.85. The molecule has 1 N–H and O–H groups in total. The maximum Gasteiger partial charge on any atom is 0.416 e. The van der Waals surface area contributed by atoms with Crippen molar-refractivity contribution in [1.82, 2.24) is 5.32 Å². The van der Waals surface area contributed by atoms with Crippen molar-refractivity contribution in [1.29, 1.82) is 0 Å². The van der Waals surface area contributed by atoms with Gasteiger partial charge in [0, 0.05) is 12.5 Å². The first kappa shape index (κ1) is 18.0. The predicted molar refractivity (Wildman–Crippen MR) is 83.7 cm³/mol. The first-order valence-corrected chi connectivity index (χ1v) is 7.96. The predicted octanol–water partition coefficient (Wildman–Crippen LogP) is 5.14. The van der Waals surface area contributed by atoms with E-state index in [0.717, 1.165) is 18.2 Å². The lowest BCUT2D eigenvalue weighted by Gasteiger charge is -2.24. The second-order valence-electron chi connectivity index (χ2n) is 6.62. The summed E-state index contributed by atoms with van der Waals surface area (Å²) < 4.78 is 52.4. The molecule has 1 saturated carbocycles. The third-order valence-corrected chi connectivity index (χ3v) is 4.37. The Bertz CT molecular complexity index is 559. The normalized spacial score (nSPS) is 16.7. The molecule has 0 unspecified atom stereocenters. The van der Waals surface area contributed by atoms with Crippen molar-refractivity contribution in [3.8, 4) is 0 Å². The Morgan fingerprint density at radius 3 is 2.43 bits per heavy atom. The zero-order valence-corrected chi connectivity index (χ0v) is 13.5. The summed E-state index contributed by atoms with van der Waals surface area (Å²) in [5.41, 5.74) is 0.144. The van der Waals surface area contributed by atoms with E-state index in [2.05, 4.69) is 11.9 Å². The van der Waals surface area contributed by atoms with Gasteiger partial charge in [0.25, 0.3) is 0 Å². The van der Waals surface area contributed by atoms with Gasteiger partial charge in [-0.25, -0.2) is 4.39 Å². The molecule has 23 heavy (non-hydrogen) atoms. The van der Waals surface area contributed by atoms with Crippen molar-refractivity contribution in [3.05, 3.63) is 47.3 Å². The Hall–Kier alpha value is -1.36. The maximum absolute atomic E-state index is 14.3. The van der Waals surface area contributed by atoms with Crippen LogP contribution in [-0.2, 0) is 6.18 Å². The van der Waals surface area contributed by atoms with Gasteiger partial charge >= 0.3 is 6.18 Å². The lowest BCUT2D eigenvalue weighted by molar-refractivity contribution is -0.137. The molecule has 1 aromatic carbocycles. The molecule has 1 fully saturated rings. The second kappa shape index (κ2) is 7.04. The molecule has 5 heteroatoms. The Kier molecular flexibility index (Phi) is 5.50. The summed E-state index contributed by atoms with van der Waals surface area (Å²) in [5, 5.41) is 3.30. The molecule has 0 amide bonds. The van der Waals surface area contributed by atoms with Crippen LogP contribution in [0.5, 0.6) is 0 Å². The Labute approximate surface area is 134 Å². The topological polar surface area (TPSA) is 12.0 Å². The van der Waals surface area contributed by atoms with Crippen molar-refractivity contribution < 1.29 is 17.6 Å². The SMILES string of the molecule is C=C(C(C)C)[C@H](CNCC1CC1)c1ccc(C(F)(F)F)cc1F. The molecule has 1 aromatic rings. The van der Waals surface area contributed by atoms with Crippen molar-refractivity contribution in [2.75, 3.05) is 13.1 Å². The van der Waals surface area contributed by atoms with E-state index < -0.39 is 17.6 Å². The molecule has 0 aromatic heterocycles. The highest BCUT2D eigenvalue weighted by Crippen LogP contribution is 2.35. The molecule has 128 valence electrons. The van der Waals surface area contributed by atoms with Crippen molar-refractivity contribution >= 4 is 0 Å². The van der Waals surface area contributed by atoms with E-state index in [0.29, 0.717) is 18.5 Å². The van der Waals surface area contributed by atoms with Crippen LogP contribution in [0.1, 0.15) is 43.7 Å². The summed E-state index contributed by atoms with van der Waals surface area (Å²) in [7, 11) is 0. The molecular weight excluding hydrogens is 306 g/mol. The average Bonchev–Trinajstić information content (AvgIpc) is 3.26. The summed E-state index contributed by atoms with van der Waals surface area (Å²) in [6.07, 6.45) is -2.12. The van der Waals surface area contributed by atoms with Gasteiger partial charge in [-0.05, 0) is 48.9 Å². The van der Waals surface area contributed by atoms with Gasteiger partial charge in [-0.15, -0.1) is 0 Å². The van der Waals surface area contributed by atoms with Gasteiger partial charge in [-0.2, -0.15) is 13.2 Å². The van der Waals surface area contributed by atoms with Gasteiger partial charge in [0.2, 0.25) is 0 Å². The minimum absolute atomic E-state index is 0.129. The number of rotatable bonds is 7. The van der Waals surface area contributed by atoms with E-state index in [1.165, 1.54) is 18.9 Å². The second-order valence-corrected chi connectivity index (χ2v) is 6.62. The Balaban J connectivity index is 2.20. The molecule has 2 rings (SSSR count). The van der Waals surface area contributed by atoms with Gasteiger partial charge in [0.05, 0.1) is 5.56 Å². The minimum atomic E-state index is -4.53. The van der Waals surface area contributed by atoms with Gasteiger partial charge in [-0.1, -0.05) is 32.1 Å². The molecular formula is C18H23F4N. The summed E-state index contributed by atoms with van der Waals surface area (Å²) in [5.74, 6) is -0.333. The Morgan fingerprint density at radius 2 is 1.96 bits per heavy atom. The number of hydrogen-bond donors (Lipinski definition) is 1. The van der Waals surface area contributed by atoms with Crippen molar-refractivity contribution in [3.63, 3.8) is 0 Å². The third kappa shape index (κ3) is 4.80. The number of halogens is 4. The Morgan fingerprint density at radius 1 is 1.30 bits per heavy atom. The largest absolute Gasteiger partial charge is 0.416 e. The van der Waals surface area contributed by atoms with Crippen LogP contribution in [0.2, 0.25) is 0 Å². The fourth-order valence-electron chi connectivity index (χ4n) is 2.58. The fraction of sp³-hybridized carbons (Fsp3) is 0.556. The zero-order valence-electron chi connectivity index (χ0n) is 13.5. The lowest BCUT2D eigenvalue weighted by Crippen LogP contribution is -2.26. The third-order valence-electron chi connectivity index (χ3n) is 4.37. The standard InChI is InChI=1S/C18H23F4N/c1-11(2)12(3)16(10-23-9-13-4-5-13)15-7-6-14(8-17(15)19)18(20,21)22/h6-8,11,13,16,23H,3-5,9-10H2,1-2H3/t16-/m0/s1. The quantitative estimate of drug-likeness (QED) is 0.539. The van der Waals surface area contributed by atoms with Crippen LogP contribution in [0.4, 0.5) is 17.6 Å². The smallest absolute Gasteiger partial charge is 0.316 e. The van der Waals surface area contributed by atoms with E-state index in [4.69, 9.17) is 0 Å². The van der Waals surface area contributed by atoms with Crippen LogP contribution in [0.3, 0.4) is 0 Å². The summed E-state index contributed by atoms with van der Waals surface area (Å²) >= 11 is 0. The fourth-order valence-corrected chi connectivity index (χ4v) is 2.58. The molecule has 0 heterocycles. The van der Waals surface area contributed by atoms with Gasteiger partial charge in [-0.3, -0.25) is 0 Å². The first-order valence-electron chi connectivity index (χ1n) is 7.96. The van der Waals surface area contributed by atoms with E-state index in [9.17, 15) is 17.6 Å². The summed E-state index contributed by atoms with van der Waals surface area (Å²) in [4.78, 5) is 0. The number of nitrogens with one attached hydrogen (secondary N) is 1. The van der Waals surface area contributed by atoms with Crippen LogP contribution < -0.4 is 5.32 Å². The minimum Gasteiger partial charge on any atom is -0.316 e. The van der Waals surface area contributed by atoms with Crippen LogP contribution in [-0.4, -0.2) is 13.1 Å².